The standard InChI is InChI=1S/C19H21FN2O2/c1-23-11-13-9-22(10-15-4-2-3-7-21-15)19-16-8-14(20)5-6-18(16)24-12-17(13)19/h2-8,13,17,19H,9-12H2,1H3/t13-,17-,19-/m0/s1. The molecule has 4 rings (SSSR count). The third-order valence-corrected chi connectivity index (χ3v) is 5.07. The summed E-state index contributed by atoms with van der Waals surface area (Å²) >= 11 is 0. The fourth-order valence-electron chi connectivity index (χ4n) is 4.05. The number of hydrogen-bond donors (Lipinski definition) is 0. The quantitative estimate of drug-likeness (QED) is 0.864. The van der Waals surface area contributed by atoms with Crippen LogP contribution in [0.2, 0.25) is 0 Å². The van der Waals surface area contributed by atoms with Crippen molar-refractivity contribution in [1.82, 2.24) is 9.88 Å². The van der Waals surface area contributed by atoms with Crippen LogP contribution in [0, 0.1) is 17.7 Å². The highest BCUT2D eigenvalue weighted by atomic mass is 19.1. The molecule has 1 aromatic heterocycles. The predicted octanol–water partition coefficient (Wildman–Crippen LogP) is 3.05. The highest BCUT2D eigenvalue weighted by molar-refractivity contribution is 5.39. The summed E-state index contributed by atoms with van der Waals surface area (Å²) < 4.78 is 25.2. The van der Waals surface area contributed by atoms with E-state index >= 15 is 0 Å². The number of benzene rings is 1. The van der Waals surface area contributed by atoms with Crippen LogP contribution in [0.3, 0.4) is 0 Å². The summed E-state index contributed by atoms with van der Waals surface area (Å²) in [5, 5.41) is 0. The number of aromatic nitrogens is 1. The Kier molecular flexibility index (Phi) is 4.21. The van der Waals surface area contributed by atoms with Crippen LogP contribution >= 0.6 is 0 Å². The van der Waals surface area contributed by atoms with E-state index < -0.39 is 0 Å². The summed E-state index contributed by atoms with van der Waals surface area (Å²) in [4.78, 5) is 6.83. The number of halogens is 1. The molecule has 24 heavy (non-hydrogen) atoms. The van der Waals surface area contributed by atoms with Gasteiger partial charge in [-0.25, -0.2) is 4.39 Å². The molecule has 5 heteroatoms. The lowest BCUT2D eigenvalue weighted by Gasteiger charge is -2.34. The van der Waals surface area contributed by atoms with Gasteiger partial charge in [-0.15, -0.1) is 0 Å². The molecule has 3 heterocycles. The third kappa shape index (κ3) is 2.78. The Morgan fingerprint density at radius 1 is 1.33 bits per heavy atom. The van der Waals surface area contributed by atoms with Crippen molar-refractivity contribution >= 4 is 0 Å². The number of rotatable bonds is 4. The van der Waals surface area contributed by atoms with E-state index in [0.29, 0.717) is 25.0 Å². The van der Waals surface area contributed by atoms with E-state index in [2.05, 4.69) is 9.88 Å². The average molecular weight is 328 g/mol. The van der Waals surface area contributed by atoms with Gasteiger partial charge in [-0.2, -0.15) is 0 Å². The van der Waals surface area contributed by atoms with Gasteiger partial charge in [-0.3, -0.25) is 9.88 Å². The van der Waals surface area contributed by atoms with E-state index in [0.717, 1.165) is 30.1 Å². The number of nitrogens with zero attached hydrogens (tertiary/aromatic N) is 2. The molecule has 1 fully saturated rings. The number of methoxy groups -OCH3 is 1. The topological polar surface area (TPSA) is 34.6 Å². The molecule has 4 nitrogen and oxygen atoms in total. The maximum Gasteiger partial charge on any atom is 0.124 e. The minimum Gasteiger partial charge on any atom is -0.493 e. The average Bonchev–Trinajstić information content (AvgIpc) is 2.94. The van der Waals surface area contributed by atoms with Crippen LogP contribution in [0.1, 0.15) is 17.3 Å². The second-order valence-electron chi connectivity index (χ2n) is 6.57. The van der Waals surface area contributed by atoms with Crippen molar-refractivity contribution in [3.8, 4) is 5.75 Å². The van der Waals surface area contributed by atoms with Crippen molar-refractivity contribution in [2.24, 2.45) is 11.8 Å². The van der Waals surface area contributed by atoms with Gasteiger partial charge >= 0.3 is 0 Å². The molecule has 126 valence electrons. The Labute approximate surface area is 141 Å². The Balaban J connectivity index is 1.68. The van der Waals surface area contributed by atoms with Crippen LogP contribution in [0.15, 0.2) is 42.6 Å². The number of ether oxygens (including phenoxy) is 2. The molecule has 0 bridgehead atoms. The number of fused-ring (bicyclic) bond motifs is 3. The molecule has 2 aromatic rings. The van der Waals surface area contributed by atoms with Gasteiger partial charge < -0.3 is 9.47 Å². The fourth-order valence-corrected chi connectivity index (χ4v) is 4.05. The molecule has 0 radical (unpaired) electrons. The molecule has 0 saturated carbocycles. The molecule has 2 aliphatic heterocycles. The maximum atomic E-state index is 13.8. The molecule has 1 saturated heterocycles. The van der Waals surface area contributed by atoms with Crippen molar-refractivity contribution in [3.05, 3.63) is 59.7 Å². The van der Waals surface area contributed by atoms with Gasteiger partial charge in [0.05, 0.1) is 18.9 Å². The molecule has 0 spiro atoms. The molecular formula is C19H21FN2O2. The first-order valence-electron chi connectivity index (χ1n) is 8.31. The largest absolute Gasteiger partial charge is 0.493 e. The van der Waals surface area contributed by atoms with E-state index in [1.54, 1.807) is 19.2 Å². The summed E-state index contributed by atoms with van der Waals surface area (Å²) in [7, 11) is 1.73. The van der Waals surface area contributed by atoms with Gasteiger partial charge in [0.2, 0.25) is 0 Å². The lowest BCUT2D eigenvalue weighted by Crippen LogP contribution is -2.32. The van der Waals surface area contributed by atoms with Gasteiger partial charge in [0.1, 0.15) is 11.6 Å². The van der Waals surface area contributed by atoms with Crippen LogP contribution in [0.5, 0.6) is 5.75 Å². The first-order valence-corrected chi connectivity index (χ1v) is 8.31. The van der Waals surface area contributed by atoms with Crippen LogP contribution in [-0.4, -0.2) is 36.8 Å². The van der Waals surface area contributed by atoms with E-state index in [9.17, 15) is 4.39 Å². The summed E-state index contributed by atoms with van der Waals surface area (Å²) in [6.45, 7) is 2.99. The van der Waals surface area contributed by atoms with Crippen molar-refractivity contribution in [2.45, 2.75) is 12.6 Å². The molecule has 3 atom stereocenters. The number of pyridine rings is 1. The van der Waals surface area contributed by atoms with Crippen molar-refractivity contribution < 1.29 is 13.9 Å². The number of hydrogen-bond acceptors (Lipinski definition) is 4. The Hall–Kier alpha value is -1.98. The van der Waals surface area contributed by atoms with E-state index in [1.807, 2.05) is 24.4 Å². The molecule has 0 aliphatic carbocycles. The summed E-state index contributed by atoms with van der Waals surface area (Å²) in [5.74, 6) is 1.26. The first-order chi connectivity index (χ1) is 11.8. The normalized spacial score (nSPS) is 25.8. The summed E-state index contributed by atoms with van der Waals surface area (Å²) in [6, 6.07) is 10.9. The van der Waals surface area contributed by atoms with Gasteiger partial charge in [-0.1, -0.05) is 6.07 Å². The molecule has 0 amide bonds. The van der Waals surface area contributed by atoms with Gasteiger partial charge in [0.15, 0.2) is 0 Å². The lowest BCUT2D eigenvalue weighted by atomic mass is 9.85. The fraction of sp³-hybridized carbons (Fsp3) is 0.421. The zero-order chi connectivity index (χ0) is 16.5. The van der Waals surface area contributed by atoms with Crippen LogP contribution in [-0.2, 0) is 11.3 Å². The summed E-state index contributed by atoms with van der Waals surface area (Å²) in [5.41, 5.74) is 1.97. The van der Waals surface area contributed by atoms with Crippen LogP contribution < -0.4 is 4.74 Å². The van der Waals surface area contributed by atoms with E-state index in [4.69, 9.17) is 9.47 Å². The third-order valence-electron chi connectivity index (χ3n) is 5.07. The van der Waals surface area contributed by atoms with Crippen molar-refractivity contribution in [2.75, 3.05) is 26.9 Å². The summed E-state index contributed by atoms with van der Waals surface area (Å²) in [6.07, 6.45) is 1.81. The molecular weight excluding hydrogens is 307 g/mol. The zero-order valence-corrected chi connectivity index (χ0v) is 13.7. The van der Waals surface area contributed by atoms with Crippen LogP contribution in [0.4, 0.5) is 4.39 Å². The Morgan fingerprint density at radius 3 is 3.04 bits per heavy atom. The van der Waals surface area contributed by atoms with E-state index in [1.165, 1.54) is 6.07 Å². The van der Waals surface area contributed by atoms with Crippen molar-refractivity contribution in [3.63, 3.8) is 0 Å². The Bertz CT molecular complexity index is 710. The highest BCUT2D eigenvalue weighted by Gasteiger charge is 2.46. The Morgan fingerprint density at radius 2 is 2.25 bits per heavy atom. The zero-order valence-electron chi connectivity index (χ0n) is 13.7. The lowest BCUT2D eigenvalue weighted by molar-refractivity contribution is 0.0980. The monoisotopic (exact) mass is 328 g/mol. The number of likely N-dealkylation sites (tertiary alicyclic amines) is 1. The molecule has 2 aliphatic rings. The first kappa shape index (κ1) is 15.5. The maximum absolute atomic E-state index is 13.8. The highest BCUT2D eigenvalue weighted by Crippen LogP contribution is 2.47. The molecule has 0 N–H and O–H groups in total. The molecule has 0 unspecified atom stereocenters. The van der Waals surface area contributed by atoms with Gasteiger partial charge in [0.25, 0.3) is 0 Å². The van der Waals surface area contributed by atoms with E-state index in [-0.39, 0.29) is 11.9 Å². The van der Waals surface area contributed by atoms with Crippen molar-refractivity contribution in [1.29, 1.82) is 0 Å². The minimum absolute atomic E-state index is 0.145. The molecule has 1 aromatic carbocycles. The second-order valence-corrected chi connectivity index (χ2v) is 6.57. The predicted molar refractivity (Wildman–Crippen MR) is 88.1 cm³/mol. The smallest absolute Gasteiger partial charge is 0.124 e. The van der Waals surface area contributed by atoms with Gasteiger partial charge in [-0.05, 0) is 30.3 Å². The van der Waals surface area contributed by atoms with Crippen LogP contribution in [0.25, 0.3) is 0 Å². The second kappa shape index (κ2) is 6.49. The van der Waals surface area contributed by atoms with Gasteiger partial charge in [0, 0.05) is 49.8 Å². The SMILES string of the molecule is COC[C@@H]1CN(Cc2ccccn2)[C@H]2c3cc(F)ccc3OC[C@@H]12. The minimum atomic E-state index is -0.217.